The molecule has 0 aliphatic rings. The maximum absolute atomic E-state index is 13.7. The van der Waals surface area contributed by atoms with Crippen LogP contribution in [-0.4, -0.2) is 17.1 Å². The molecule has 0 saturated heterocycles. The molecule has 1 aromatic carbocycles. The Morgan fingerprint density at radius 3 is 2.68 bits per heavy atom. The van der Waals surface area contributed by atoms with Gasteiger partial charge in [0.1, 0.15) is 11.6 Å². The van der Waals surface area contributed by atoms with Gasteiger partial charge < -0.3 is 10.5 Å². The van der Waals surface area contributed by atoms with Crippen molar-refractivity contribution < 1.29 is 9.13 Å². The van der Waals surface area contributed by atoms with Crippen LogP contribution in [0.5, 0.6) is 5.75 Å². The van der Waals surface area contributed by atoms with Crippen LogP contribution in [0.3, 0.4) is 0 Å². The second kappa shape index (κ2) is 5.65. The summed E-state index contributed by atoms with van der Waals surface area (Å²) in [5.41, 5.74) is 7.03. The minimum absolute atomic E-state index is 0.208. The Morgan fingerprint density at radius 2 is 2.05 bits per heavy atom. The lowest BCUT2D eigenvalue weighted by atomic mass is 10.1. The van der Waals surface area contributed by atoms with Gasteiger partial charge in [-0.15, -0.1) is 0 Å². The van der Waals surface area contributed by atoms with E-state index >= 15 is 0 Å². The summed E-state index contributed by atoms with van der Waals surface area (Å²) in [6, 6.07) is 6.35. The summed E-state index contributed by atoms with van der Waals surface area (Å²) in [5, 5.41) is 0. The first-order valence-corrected chi connectivity index (χ1v) is 6.11. The van der Waals surface area contributed by atoms with Gasteiger partial charge in [0.15, 0.2) is 11.6 Å². The summed E-state index contributed by atoms with van der Waals surface area (Å²) < 4.78 is 18.6. The molecule has 1 heterocycles. The van der Waals surface area contributed by atoms with Gasteiger partial charge in [-0.1, -0.05) is 6.92 Å². The van der Waals surface area contributed by atoms with E-state index in [2.05, 4.69) is 9.97 Å². The van der Waals surface area contributed by atoms with Crippen LogP contribution >= 0.6 is 0 Å². The maximum atomic E-state index is 13.7. The quantitative estimate of drug-likeness (QED) is 0.919. The lowest BCUT2D eigenvalue weighted by Gasteiger charge is -2.07. The van der Waals surface area contributed by atoms with Gasteiger partial charge in [0, 0.05) is 18.1 Å². The number of ether oxygens (including phenoxy) is 1. The van der Waals surface area contributed by atoms with Crippen LogP contribution in [0, 0.1) is 5.82 Å². The van der Waals surface area contributed by atoms with Crippen LogP contribution < -0.4 is 10.5 Å². The third kappa shape index (κ3) is 2.99. The van der Waals surface area contributed by atoms with Crippen LogP contribution in [-0.2, 0) is 6.42 Å². The third-order valence-corrected chi connectivity index (χ3v) is 2.71. The zero-order valence-electron chi connectivity index (χ0n) is 11.0. The van der Waals surface area contributed by atoms with Gasteiger partial charge in [-0.05, 0) is 24.6 Å². The monoisotopic (exact) mass is 261 g/mol. The lowest BCUT2D eigenvalue weighted by molar-refractivity contribution is 0.386. The van der Waals surface area contributed by atoms with E-state index in [1.54, 1.807) is 18.2 Å². The number of methoxy groups -OCH3 is 1. The van der Waals surface area contributed by atoms with E-state index in [-0.39, 0.29) is 5.75 Å². The van der Waals surface area contributed by atoms with Crippen LogP contribution in [0.1, 0.15) is 19.2 Å². The summed E-state index contributed by atoms with van der Waals surface area (Å²) in [6.07, 6.45) is 1.68. The normalized spacial score (nSPS) is 10.5. The van der Waals surface area contributed by atoms with Crippen molar-refractivity contribution >= 4 is 5.82 Å². The van der Waals surface area contributed by atoms with Gasteiger partial charge in [0.25, 0.3) is 0 Å². The molecule has 0 saturated carbocycles. The smallest absolute Gasteiger partial charge is 0.165 e. The van der Waals surface area contributed by atoms with Crippen LogP contribution in [0.15, 0.2) is 24.3 Å². The summed E-state index contributed by atoms with van der Waals surface area (Å²) in [7, 11) is 1.43. The van der Waals surface area contributed by atoms with Crippen molar-refractivity contribution in [3.63, 3.8) is 0 Å². The van der Waals surface area contributed by atoms with Crippen molar-refractivity contribution in [3.05, 3.63) is 35.9 Å². The minimum Gasteiger partial charge on any atom is -0.494 e. The second-order valence-electron chi connectivity index (χ2n) is 4.19. The molecule has 0 spiro atoms. The summed E-state index contributed by atoms with van der Waals surface area (Å²) in [6.45, 7) is 2.04. The highest BCUT2D eigenvalue weighted by Gasteiger charge is 2.08. The Morgan fingerprint density at radius 1 is 1.26 bits per heavy atom. The van der Waals surface area contributed by atoms with Crippen molar-refractivity contribution in [1.82, 2.24) is 9.97 Å². The van der Waals surface area contributed by atoms with E-state index < -0.39 is 5.82 Å². The molecule has 2 aromatic rings. The molecular weight excluding hydrogens is 245 g/mol. The largest absolute Gasteiger partial charge is 0.494 e. The van der Waals surface area contributed by atoms with E-state index in [4.69, 9.17) is 10.5 Å². The lowest BCUT2D eigenvalue weighted by Crippen LogP contribution is -2.01. The molecule has 0 amide bonds. The number of halogens is 1. The molecule has 0 unspecified atom stereocenters. The van der Waals surface area contributed by atoms with Crippen LogP contribution in [0.2, 0.25) is 0 Å². The summed E-state index contributed by atoms with van der Waals surface area (Å²) in [5.74, 6) is 0.854. The van der Waals surface area contributed by atoms with Gasteiger partial charge in [-0.3, -0.25) is 0 Å². The van der Waals surface area contributed by atoms with Crippen molar-refractivity contribution in [2.45, 2.75) is 19.8 Å². The number of hydrogen-bond donors (Lipinski definition) is 1. The number of nitrogens with two attached hydrogens (primary N) is 1. The van der Waals surface area contributed by atoms with E-state index in [9.17, 15) is 4.39 Å². The maximum Gasteiger partial charge on any atom is 0.165 e. The van der Waals surface area contributed by atoms with Crippen LogP contribution in [0.4, 0.5) is 10.2 Å². The molecule has 0 bridgehead atoms. The number of aryl methyl sites for hydroxylation is 1. The number of aromatic nitrogens is 2. The number of nitrogen functional groups attached to an aromatic ring is 1. The third-order valence-electron chi connectivity index (χ3n) is 2.71. The van der Waals surface area contributed by atoms with Crippen molar-refractivity contribution in [1.29, 1.82) is 0 Å². The van der Waals surface area contributed by atoms with Gasteiger partial charge in [-0.2, -0.15) is 0 Å². The van der Waals surface area contributed by atoms with Crippen molar-refractivity contribution in [3.8, 4) is 17.0 Å². The van der Waals surface area contributed by atoms with Gasteiger partial charge in [0.05, 0.1) is 12.8 Å². The van der Waals surface area contributed by atoms with E-state index in [0.717, 1.165) is 12.8 Å². The number of nitrogens with zero attached hydrogens (tertiary/aromatic N) is 2. The average molecular weight is 261 g/mol. The molecule has 0 atom stereocenters. The molecule has 0 fully saturated rings. The van der Waals surface area contributed by atoms with Crippen molar-refractivity contribution in [2.24, 2.45) is 0 Å². The zero-order chi connectivity index (χ0) is 13.8. The van der Waals surface area contributed by atoms with Crippen molar-refractivity contribution in [2.75, 3.05) is 12.8 Å². The highest BCUT2D eigenvalue weighted by atomic mass is 19.1. The van der Waals surface area contributed by atoms with E-state index in [0.29, 0.717) is 22.9 Å². The Bertz CT molecular complexity index is 587. The first-order valence-electron chi connectivity index (χ1n) is 6.11. The Balaban J connectivity index is 2.43. The molecule has 2 rings (SSSR count). The molecule has 1 aromatic heterocycles. The Hall–Kier alpha value is -2.17. The number of hydrogen-bond acceptors (Lipinski definition) is 4. The van der Waals surface area contributed by atoms with E-state index in [1.165, 1.54) is 13.2 Å². The summed E-state index contributed by atoms with van der Waals surface area (Å²) in [4.78, 5) is 8.55. The number of rotatable bonds is 4. The predicted molar refractivity (Wildman–Crippen MR) is 72.4 cm³/mol. The molecule has 4 nitrogen and oxygen atoms in total. The molecule has 2 N–H and O–H groups in total. The molecule has 0 aliphatic heterocycles. The van der Waals surface area contributed by atoms with Crippen LogP contribution in [0.25, 0.3) is 11.3 Å². The Kier molecular flexibility index (Phi) is 3.94. The second-order valence-corrected chi connectivity index (χ2v) is 4.19. The highest BCUT2D eigenvalue weighted by Crippen LogP contribution is 2.25. The van der Waals surface area contributed by atoms with Gasteiger partial charge in [-0.25, -0.2) is 14.4 Å². The van der Waals surface area contributed by atoms with E-state index in [1.807, 2.05) is 6.92 Å². The number of benzene rings is 1. The fourth-order valence-corrected chi connectivity index (χ4v) is 1.83. The SMILES string of the molecule is CCCc1nc(N)cc(-c2ccc(OC)c(F)c2)n1. The topological polar surface area (TPSA) is 61.0 Å². The molecular formula is C14H16FN3O. The van der Waals surface area contributed by atoms with Gasteiger partial charge in [0.2, 0.25) is 0 Å². The molecule has 5 heteroatoms. The highest BCUT2D eigenvalue weighted by molar-refractivity contribution is 5.63. The summed E-state index contributed by atoms with van der Waals surface area (Å²) >= 11 is 0. The zero-order valence-corrected chi connectivity index (χ0v) is 11.0. The minimum atomic E-state index is -0.422. The molecule has 19 heavy (non-hydrogen) atoms. The predicted octanol–water partition coefficient (Wildman–Crippen LogP) is 2.83. The number of anilines is 1. The first-order chi connectivity index (χ1) is 9.13. The first kappa shape index (κ1) is 13.3. The molecule has 0 aliphatic carbocycles. The average Bonchev–Trinajstić information content (AvgIpc) is 2.38. The molecule has 0 radical (unpaired) electrons. The molecule has 100 valence electrons. The fourth-order valence-electron chi connectivity index (χ4n) is 1.83. The standard InChI is InChI=1S/C14H16FN3O/c1-3-4-14-17-11(8-13(16)18-14)9-5-6-12(19-2)10(15)7-9/h5-8H,3-4H2,1-2H3,(H2,16,17,18). The Labute approximate surface area is 111 Å². The van der Waals surface area contributed by atoms with Gasteiger partial charge >= 0.3 is 0 Å². The fraction of sp³-hybridized carbons (Fsp3) is 0.286.